The van der Waals surface area contributed by atoms with Crippen molar-refractivity contribution in [2.45, 2.75) is 0 Å². The Bertz CT molecular complexity index is 557. The maximum atomic E-state index is 2.24. The summed E-state index contributed by atoms with van der Waals surface area (Å²) in [5.41, 5.74) is 2.59. The molecule has 0 fully saturated rings. The van der Waals surface area contributed by atoms with Gasteiger partial charge in [-0.15, -0.1) is 34.5 Å². The molecule has 0 spiro atoms. The summed E-state index contributed by atoms with van der Waals surface area (Å²) in [4.78, 5) is 0. The van der Waals surface area contributed by atoms with E-state index < -0.39 is 0 Å². The van der Waals surface area contributed by atoms with Gasteiger partial charge in [0.2, 0.25) is 0 Å². The van der Waals surface area contributed by atoms with Gasteiger partial charge in [0, 0.05) is 0 Å². The van der Waals surface area contributed by atoms with Gasteiger partial charge in [-0.05, 0) is 0 Å². The van der Waals surface area contributed by atoms with Crippen LogP contribution in [0.15, 0.2) is 66.7 Å². The van der Waals surface area contributed by atoms with Crippen LogP contribution in [0, 0.1) is 0 Å². The molecule has 4 heteroatoms. The molecule has 0 nitrogen and oxygen atoms in total. The van der Waals surface area contributed by atoms with Crippen LogP contribution in [0.3, 0.4) is 0 Å². The van der Waals surface area contributed by atoms with Crippen molar-refractivity contribution in [3.63, 3.8) is 0 Å². The molecule has 96 valence electrons. The molecule has 0 radical (unpaired) electrons. The minimum atomic E-state index is 0. The number of fused-ring (bicyclic) bond motifs is 1. The molecule has 0 aliphatic heterocycles. The number of benzene rings is 2. The molecule has 0 heterocycles. The van der Waals surface area contributed by atoms with Crippen LogP contribution in [0.25, 0.3) is 21.9 Å². The summed E-state index contributed by atoms with van der Waals surface area (Å²) in [7, 11) is 0. The van der Waals surface area contributed by atoms with E-state index in [0.29, 0.717) is 0 Å². The summed E-state index contributed by atoms with van der Waals surface area (Å²) in [5, 5.41) is 2.63. The first-order valence-corrected chi connectivity index (χ1v) is 5.14. The second-order valence-corrected chi connectivity index (χ2v) is 3.74. The van der Waals surface area contributed by atoms with E-state index in [1.165, 1.54) is 21.9 Å². The Morgan fingerprint density at radius 1 is 0.684 bits per heavy atom. The molecule has 0 aromatic heterocycles. The van der Waals surface area contributed by atoms with Crippen LogP contribution in [-0.2, 0) is 25.8 Å². The molecule has 0 amide bonds. The summed E-state index contributed by atoms with van der Waals surface area (Å²) < 4.78 is 0. The summed E-state index contributed by atoms with van der Waals surface area (Å²) in [5.74, 6) is 0. The van der Waals surface area contributed by atoms with Crippen molar-refractivity contribution in [1.29, 1.82) is 0 Å². The Morgan fingerprint density at radius 3 is 1.89 bits per heavy atom. The molecule has 0 aliphatic carbocycles. The zero-order chi connectivity index (χ0) is 10.1. The van der Waals surface area contributed by atoms with Crippen molar-refractivity contribution in [2.75, 3.05) is 0 Å². The fraction of sp³-hybridized carbons (Fsp3) is 0. The first-order valence-electron chi connectivity index (χ1n) is 5.14. The van der Waals surface area contributed by atoms with E-state index in [9.17, 15) is 0 Å². The predicted octanol–water partition coefficient (Wildman–Crippen LogP) is -4.76. The molecule has 0 atom stereocenters. The molecule has 0 N–H and O–H groups in total. The summed E-state index contributed by atoms with van der Waals surface area (Å²) in [6.07, 6.45) is 0. The Balaban J connectivity index is 0. The Labute approximate surface area is 164 Å². The molecule has 0 saturated heterocycles. The van der Waals surface area contributed by atoms with Gasteiger partial charge in [0.15, 0.2) is 0 Å². The Kier molecular flexibility index (Phi) is 11.6. The smallest absolute Gasteiger partial charge is 1.00 e. The first-order chi connectivity index (χ1) is 7.43. The van der Waals surface area contributed by atoms with Crippen LogP contribution in [-0.4, -0.2) is 0 Å². The zero-order valence-electron chi connectivity index (χ0n) is 9.98. The standard InChI is InChI=1S/C15H11.3BrH.Hf/c1-2-6-12(7-3-1)15-10-13-8-4-5-9-14(13)11-15;;;;/h1-11H;3*1H;/q-1;;;;+4/p-3. The van der Waals surface area contributed by atoms with Crippen molar-refractivity contribution in [1.82, 2.24) is 0 Å². The van der Waals surface area contributed by atoms with E-state index >= 15 is 0 Å². The van der Waals surface area contributed by atoms with Crippen LogP contribution in [0.2, 0.25) is 0 Å². The third kappa shape index (κ3) is 5.00. The van der Waals surface area contributed by atoms with E-state index in [2.05, 4.69) is 60.7 Å². The normalized spacial score (nSPS) is 8.42. The van der Waals surface area contributed by atoms with Crippen molar-refractivity contribution in [3.8, 4) is 11.1 Å². The van der Waals surface area contributed by atoms with Gasteiger partial charge >= 0.3 is 25.8 Å². The van der Waals surface area contributed by atoms with Crippen LogP contribution in [0.1, 0.15) is 0 Å². The quantitative estimate of drug-likeness (QED) is 0.192. The second-order valence-electron chi connectivity index (χ2n) is 3.74. The SMILES string of the molecule is [Br-].[Br-].[Br-].[Hf+4].c1ccc(-c2cc3ccccc3[cH-]2)cc1. The van der Waals surface area contributed by atoms with Gasteiger partial charge in [0.25, 0.3) is 0 Å². The van der Waals surface area contributed by atoms with E-state index in [1.807, 2.05) is 6.07 Å². The summed E-state index contributed by atoms with van der Waals surface area (Å²) >= 11 is 0. The fourth-order valence-electron chi connectivity index (χ4n) is 1.95. The molecule has 0 bridgehead atoms. The second kappa shape index (κ2) is 10.1. The number of halogens is 3. The number of hydrogen-bond acceptors (Lipinski definition) is 0. The molecule has 0 unspecified atom stereocenters. The maximum absolute atomic E-state index is 2.24. The predicted molar refractivity (Wildman–Crippen MR) is 65.0 cm³/mol. The first kappa shape index (κ1) is 21.7. The third-order valence-electron chi connectivity index (χ3n) is 2.73. The van der Waals surface area contributed by atoms with Crippen molar-refractivity contribution in [2.24, 2.45) is 0 Å². The minimum absolute atomic E-state index is 0. The molecular formula is C15H11Br3Hf. The van der Waals surface area contributed by atoms with Crippen molar-refractivity contribution >= 4 is 10.8 Å². The van der Waals surface area contributed by atoms with Crippen molar-refractivity contribution < 1.29 is 76.8 Å². The van der Waals surface area contributed by atoms with E-state index in [1.54, 1.807) is 0 Å². The van der Waals surface area contributed by atoms with Crippen LogP contribution in [0.5, 0.6) is 0 Å². The number of hydrogen-bond donors (Lipinski definition) is 0. The molecule has 3 rings (SSSR count). The Hall–Kier alpha value is 0.360. The molecule has 3 aromatic carbocycles. The molecular weight excluding hydrogens is 598 g/mol. The topological polar surface area (TPSA) is 0 Å². The fourth-order valence-corrected chi connectivity index (χ4v) is 1.95. The molecule has 0 saturated carbocycles. The zero-order valence-corrected chi connectivity index (χ0v) is 18.3. The monoisotopic (exact) mass is 608 g/mol. The van der Waals surface area contributed by atoms with E-state index in [-0.39, 0.29) is 76.8 Å². The van der Waals surface area contributed by atoms with Gasteiger partial charge in [-0.2, -0.15) is 0 Å². The van der Waals surface area contributed by atoms with Gasteiger partial charge in [-0.25, -0.2) is 0 Å². The largest absolute Gasteiger partial charge is 4.00 e. The Morgan fingerprint density at radius 2 is 1.26 bits per heavy atom. The van der Waals surface area contributed by atoms with E-state index in [4.69, 9.17) is 0 Å². The van der Waals surface area contributed by atoms with Crippen LogP contribution in [0.4, 0.5) is 0 Å². The average molecular weight is 609 g/mol. The van der Waals surface area contributed by atoms with Crippen LogP contribution < -0.4 is 50.9 Å². The van der Waals surface area contributed by atoms with Gasteiger partial charge < -0.3 is 50.9 Å². The maximum Gasteiger partial charge on any atom is 4.00 e. The summed E-state index contributed by atoms with van der Waals surface area (Å²) in [6, 6.07) is 23.4. The van der Waals surface area contributed by atoms with Gasteiger partial charge in [-0.1, -0.05) is 54.1 Å². The summed E-state index contributed by atoms with van der Waals surface area (Å²) in [6.45, 7) is 0. The van der Waals surface area contributed by atoms with Gasteiger partial charge in [-0.3, -0.25) is 0 Å². The average Bonchev–Trinajstić information content (AvgIpc) is 2.74. The molecule has 0 aliphatic rings. The van der Waals surface area contributed by atoms with E-state index in [0.717, 1.165) is 0 Å². The van der Waals surface area contributed by atoms with Crippen molar-refractivity contribution in [3.05, 3.63) is 66.7 Å². The number of rotatable bonds is 1. The van der Waals surface area contributed by atoms with Crippen LogP contribution >= 0.6 is 0 Å². The third-order valence-corrected chi connectivity index (χ3v) is 2.73. The van der Waals surface area contributed by atoms with Gasteiger partial charge in [0.1, 0.15) is 0 Å². The minimum Gasteiger partial charge on any atom is -1.00 e. The molecule has 19 heavy (non-hydrogen) atoms. The van der Waals surface area contributed by atoms with Gasteiger partial charge in [0.05, 0.1) is 0 Å². The molecule has 3 aromatic rings.